The molecule has 0 fully saturated rings. The molecule has 1 aromatic rings. The van der Waals surface area contributed by atoms with Gasteiger partial charge in [-0.25, -0.2) is 0 Å². The number of amidine groups is 1. The first kappa shape index (κ1) is 12.8. The van der Waals surface area contributed by atoms with E-state index in [4.69, 9.17) is 15.2 Å². The van der Waals surface area contributed by atoms with E-state index < -0.39 is 0 Å². The van der Waals surface area contributed by atoms with Gasteiger partial charge >= 0.3 is 0 Å². The molecule has 6 heteroatoms. The molecule has 0 radical (unpaired) electrons. The van der Waals surface area contributed by atoms with E-state index in [0.717, 1.165) is 16.9 Å². The van der Waals surface area contributed by atoms with Crippen LogP contribution in [0.3, 0.4) is 0 Å². The summed E-state index contributed by atoms with van der Waals surface area (Å²) in [5, 5.41) is 0.278. The van der Waals surface area contributed by atoms with Gasteiger partial charge in [0.1, 0.15) is 6.61 Å². The van der Waals surface area contributed by atoms with Crippen molar-refractivity contribution in [2.45, 2.75) is 0 Å². The molecule has 0 unspecified atom stereocenters. The first-order valence-electron chi connectivity index (χ1n) is 5.96. The summed E-state index contributed by atoms with van der Waals surface area (Å²) in [5.41, 5.74) is 7.34. The van der Waals surface area contributed by atoms with Crippen LogP contribution in [0.25, 0.3) is 6.08 Å². The molecule has 2 aliphatic rings. The number of ether oxygens (including phenoxy) is 2. The van der Waals surface area contributed by atoms with Gasteiger partial charge in [-0.15, -0.1) is 0 Å². The number of hydrogen-bond acceptors (Lipinski definition) is 5. The predicted molar refractivity (Wildman–Crippen MR) is 78.8 cm³/mol. The molecule has 20 heavy (non-hydrogen) atoms. The fourth-order valence-corrected chi connectivity index (χ4v) is 2.73. The molecule has 0 saturated carbocycles. The number of rotatable bonds is 2. The molecule has 0 aliphatic carbocycles. The molecule has 0 bridgehead atoms. The third-order valence-corrected chi connectivity index (χ3v) is 3.72. The van der Waals surface area contributed by atoms with Crippen molar-refractivity contribution in [1.29, 1.82) is 0 Å². The van der Waals surface area contributed by atoms with E-state index in [9.17, 15) is 4.79 Å². The van der Waals surface area contributed by atoms with Crippen molar-refractivity contribution in [3.8, 4) is 11.5 Å². The number of aliphatic imine (C=N–C) groups is 1. The summed E-state index contributed by atoms with van der Waals surface area (Å²) in [5.74, 6) is 1.12. The molecule has 2 aliphatic heterocycles. The summed E-state index contributed by atoms with van der Waals surface area (Å²) >= 11 is 1.17. The number of hydrogen-bond donors (Lipinski definition) is 1. The monoisotopic (exact) mass is 288 g/mol. The zero-order chi connectivity index (χ0) is 14.1. The normalized spacial score (nSPS) is 19.2. The lowest BCUT2D eigenvalue weighted by Gasteiger charge is -2.18. The number of para-hydroxylation sites is 1. The van der Waals surface area contributed by atoms with Gasteiger partial charge in [-0.1, -0.05) is 12.1 Å². The Balaban J connectivity index is 1.92. The number of nitrogens with two attached hydrogens (primary N) is 1. The number of carbonyl (C=O) groups excluding carboxylic acids is 1. The first-order valence-corrected chi connectivity index (χ1v) is 6.77. The van der Waals surface area contributed by atoms with Crippen LogP contribution in [-0.2, 0) is 4.79 Å². The van der Waals surface area contributed by atoms with Crippen LogP contribution in [0, 0.1) is 0 Å². The lowest BCUT2D eigenvalue weighted by Crippen LogP contribution is -2.08. The Kier molecular flexibility index (Phi) is 3.23. The molecule has 5 nitrogen and oxygen atoms in total. The average Bonchev–Trinajstić information content (AvgIpc) is 2.76. The summed E-state index contributed by atoms with van der Waals surface area (Å²) in [6.45, 7) is 0.380. The second-order valence-corrected chi connectivity index (χ2v) is 5.31. The highest BCUT2D eigenvalue weighted by Crippen LogP contribution is 2.36. The van der Waals surface area contributed by atoms with Crippen LogP contribution in [0.5, 0.6) is 11.5 Å². The molecule has 1 aromatic carbocycles. The summed E-state index contributed by atoms with van der Waals surface area (Å²) in [6.07, 6.45) is 3.73. The average molecular weight is 288 g/mol. The topological polar surface area (TPSA) is 73.9 Å². The molecule has 102 valence electrons. The molecule has 0 spiro atoms. The third kappa shape index (κ3) is 2.30. The van der Waals surface area contributed by atoms with Crippen molar-refractivity contribution >= 4 is 28.9 Å². The Morgan fingerprint density at radius 3 is 3.05 bits per heavy atom. The highest BCUT2D eigenvalue weighted by molar-refractivity contribution is 8.18. The highest BCUT2D eigenvalue weighted by Gasteiger charge is 2.21. The number of carbonyl (C=O) groups is 1. The summed E-state index contributed by atoms with van der Waals surface area (Å²) in [7, 11) is 1.61. The number of fused-ring (bicyclic) bond motifs is 1. The van der Waals surface area contributed by atoms with E-state index in [1.165, 1.54) is 11.8 Å². The molecule has 0 atom stereocenters. The van der Waals surface area contributed by atoms with Gasteiger partial charge in [-0.05, 0) is 35.6 Å². The first-order chi connectivity index (χ1) is 9.67. The predicted octanol–water partition coefficient (Wildman–Crippen LogP) is 1.94. The minimum Gasteiger partial charge on any atom is -0.493 e. The van der Waals surface area contributed by atoms with Crippen molar-refractivity contribution in [2.75, 3.05) is 13.7 Å². The van der Waals surface area contributed by atoms with Crippen LogP contribution in [0.2, 0.25) is 0 Å². The van der Waals surface area contributed by atoms with E-state index in [1.54, 1.807) is 13.2 Å². The lowest BCUT2D eigenvalue weighted by atomic mass is 10.1. The van der Waals surface area contributed by atoms with Crippen molar-refractivity contribution in [1.82, 2.24) is 0 Å². The molecular weight excluding hydrogens is 276 g/mol. The van der Waals surface area contributed by atoms with Crippen molar-refractivity contribution in [2.24, 2.45) is 10.7 Å². The highest BCUT2D eigenvalue weighted by atomic mass is 32.2. The van der Waals surface area contributed by atoms with Gasteiger partial charge in [0.05, 0.1) is 12.0 Å². The van der Waals surface area contributed by atoms with Gasteiger partial charge in [0.15, 0.2) is 16.7 Å². The van der Waals surface area contributed by atoms with Gasteiger partial charge in [0.25, 0.3) is 5.91 Å². The zero-order valence-corrected chi connectivity index (χ0v) is 11.6. The summed E-state index contributed by atoms with van der Waals surface area (Å²) < 4.78 is 11.0. The van der Waals surface area contributed by atoms with Crippen LogP contribution in [0.4, 0.5) is 0 Å². The number of benzene rings is 1. The van der Waals surface area contributed by atoms with Gasteiger partial charge in [-0.3, -0.25) is 4.79 Å². The van der Waals surface area contributed by atoms with Gasteiger partial charge < -0.3 is 15.2 Å². The van der Waals surface area contributed by atoms with E-state index in [0.29, 0.717) is 17.3 Å². The van der Waals surface area contributed by atoms with Gasteiger partial charge in [0, 0.05) is 5.56 Å². The van der Waals surface area contributed by atoms with Crippen LogP contribution < -0.4 is 15.2 Å². The number of thioether (sulfide) groups is 1. The van der Waals surface area contributed by atoms with E-state index >= 15 is 0 Å². The Morgan fingerprint density at radius 2 is 2.35 bits per heavy atom. The van der Waals surface area contributed by atoms with Gasteiger partial charge in [0.2, 0.25) is 0 Å². The third-order valence-electron chi connectivity index (χ3n) is 2.91. The SMILES string of the molecule is COc1cccc2c1OCC(C=C1SC(N)=NC1=O)=C2. The minimum absolute atomic E-state index is 0.278. The zero-order valence-electron chi connectivity index (χ0n) is 10.8. The molecule has 2 heterocycles. The number of nitrogens with zero attached hydrogens (tertiary/aromatic N) is 1. The maximum absolute atomic E-state index is 11.6. The smallest absolute Gasteiger partial charge is 0.286 e. The molecule has 3 rings (SSSR count). The van der Waals surface area contributed by atoms with E-state index in [1.807, 2.05) is 24.3 Å². The second kappa shape index (κ2) is 5.05. The number of methoxy groups -OCH3 is 1. The maximum Gasteiger partial charge on any atom is 0.286 e. The molecule has 1 amide bonds. The largest absolute Gasteiger partial charge is 0.493 e. The van der Waals surface area contributed by atoms with Crippen molar-refractivity contribution in [3.63, 3.8) is 0 Å². The number of amides is 1. The quantitative estimate of drug-likeness (QED) is 0.842. The van der Waals surface area contributed by atoms with Gasteiger partial charge in [-0.2, -0.15) is 4.99 Å². The maximum atomic E-state index is 11.6. The Labute approximate surface area is 120 Å². The van der Waals surface area contributed by atoms with Crippen LogP contribution in [0.1, 0.15) is 5.56 Å². The van der Waals surface area contributed by atoms with Crippen LogP contribution in [-0.4, -0.2) is 24.8 Å². The fraction of sp³-hybridized carbons (Fsp3) is 0.143. The Bertz CT molecular complexity index is 677. The Hall–Kier alpha value is -2.21. The molecule has 0 aromatic heterocycles. The van der Waals surface area contributed by atoms with Crippen LogP contribution >= 0.6 is 11.8 Å². The summed E-state index contributed by atoms with van der Waals surface area (Å²) in [4.78, 5) is 15.7. The molecular formula is C14H12N2O3S. The molecule has 2 N–H and O–H groups in total. The van der Waals surface area contributed by atoms with Crippen molar-refractivity contribution < 1.29 is 14.3 Å². The Morgan fingerprint density at radius 1 is 1.50 bits per heavy atom. The van der Waals surface area contributed by atoms with E-state index in [-0.39, 0.29) is 11.1 Å². The molecule has 0 saturated heterocycles. The minimum atomic E-state index is -0.301. The standard InChI is InChI=1S/C14H12N2O3S/c1-18-10-4-2-3-9-5-8(7-19-12(9)10)6-11-13(17)16-14(15)20-11/h2-6H,7H2,1H3,(H2,15,16,17). The fourth-order valence-electron chi connectivity index (χ4n) is 2.04. The lowest BCUT2D eigenvalue weighted by molar-refractivity contribution is -0.113. The second-order valence-electron chi connectivity index (χ2n) is 4.25. The van der Waals surface area contributed by atoms with Crippen molar-refractivity contribution in [3.05, 3.63) is 40.3 Å². The van der Waals surface area contributed by atoms with Crippen LogP contribution in [0.15, 0.2) is 39.7 Å². The summed E-state index contributed by atoms with van der Waals surface area (Å²) in [6, 6.07) is 5.68. The van der Waals surface area contributed by atoms with E-state index in [2.05, 4.69) is 4.99 Å².